The van der Waals surface area contributed by atoms with E-state index in [2.05, 4.69) is 10.4 Å². The summed E-state index contributed by atoms with van der Waals surface area (Å²) in [6.07, 6.45) is 0. The second kappa shape index (κ2) is 10.6. The van der Waals surface area contributed by atoms with Gasteiger partial charge < -0.3 is 10.1 Å². The molecule has 36 heavy (non-hydrogen) atoms. The van der Waals surface area contributed by atoms with Crippen molar-refractivity contribution < 1.29 is 9.53 Å². The Morgan fingerprint density at radius 2 is 1.47 bits per heavy atom. The van der Waals surface area contributed by atoms with E-state index >= 15 is 0 Å². The second-order valence-electron chi connectivity index (χ2n) is 8.17. The zero-order valence-electron chi connectivity index (χ0n) is 18.9. The summed E-state index contributed by atoms with van der Waals surface area (Å²) in [5.41, 5.74) is 3.32. The van der Waals surface area contributed by atoms with E-state index in [-0.39, 0.29) is 11.9 Å². The highest BCUT2D eigenvalue weighted by Crippen LogP contribution is 2.32. The first-order valence-electron chi connectivity index (χ1n) is 11.2. The molecule has 5 rings (SSSR count). The van der Waals surface area contributed by atoms with Crippen LogP contribution < -0.4 is 10.1 Å². The summed E-state index contributed by atoms with van der Waals surface area (Å²) in [7, 11) is 0. The van der Waals surface area contributed by atoms with E-state index in [4.69, 9.17) is 39.5 Å². The summed E-state index contributed by atoms with van der Waals surface area (Å²) in [6, 6.07) is 29.0. The predicted molar refractivity (Wildman–Crippen MR) is 146 cm³/mol. The molecule has 0 aliphatic carbocycles. The van der Waals surface area contributed by atoms with E-state index in [1.54, 1.807) is 36.4 Å². The zero-order valence-corrected chi connectivity index (χ0v) is 21.1. The average Bonchev–Trinajstić information content (AvgIpc) is 3.33. The number of para-hydroxylation sites is 1. The number of hydrogen-bond donors (Lipinski definition) is 1. The van der Waals surface area contributed by atoms with Crippen molar-refractivity contribution in [2.75, 3.05) is 11.9 Å². The molecule has 4 aromatic carbocycles. The molecule has 5 nitrogen and oxygen atoms in total. The lowest BCUT2D eigenvalue weighted by Gasteiger charge is -2.16. The summed E-state index contributed by atoms with van der Waals surface area (Å²) >= 11 is 18.3. The smallest absolute Gasteiger partial charge is 0.342 e. The van der Waals surface area contributed by atoms with Crippen LogP contribution in [0.15, 0.2) is 102 Å². The zero-order chi connectivity index (χ0) is 25.1. The van der Waals surface area contributed by atoms with Gasteiger partial charge in [-0.15, -0.1) is 0 Å². The molecule has 1 aliphatic heterocycles. The van der Waals surface area contributed by atoms with Gasteiger partial charge in [-0.25, -0.2) is 9.80 Å². The Morgan fingerprint density at radius 3 is 2.14 bits per heavy atom. The van der Waals surface area contributed by atoms with Crippen LogP contribution in [0.4, 0.5) is 10.5 Å². The molecule has 1 heterocycles. The highest BCUT2D eigenvalue weighted by Gasteiger charge is 2.32. The van der Waals surface area contributed by atoms with Crippen LogP contribution in [0.3, 0.4) is 0 Å². The van der Waals surface area contributed by atoms with Crippen LogP contribution in [0.5, 0.6) is 11.5 Å². The Kier molecular flexibility index (Phi) is 7.14. The molecule has 8 heteroatoms. The SMILES string of the molecule is O=C(Nc1ccc(Oc2ccccc2Cl)cc1)N1CC(c2ccc(Cl)cc2)C(c2ccc(Cl)cc2)=N1. The van der Waals surface area contributed by atoms with E-state index < -0.39 is 0 Å². The molecule has 0 aromatic heterocycles. The van der Waals surface area contributed by atoms with Gasteiger partial charge in [0.15, 0.2) is 0 Å². The number of hydrazone groups is 1. The highest BCUT2D eigenvalue weighted by molar-refractivity contribution is 6.32. The number of benzene rings is 4. The Balaban J connectivity index is 1.33. The van der Waals surface area contributed by atoms with E-state index in [0.29, 0.717) is 38.8 Å². The van der Waals surface area contributed by atoms with Gasteiger partial charge in [-0.3, -0.25) is 0 Å². The van der Waals surface area contributed by atoms with Gasteiger partial charge in [0.1, 0.15) is 11.5 Å². The number of anilines is 1. The molecule has 1 aliphatic rings. The number of nitrogens with one attached hydrogen (secondary N) is 1. The molecule has 0 saturated heterocycles. The molecule has 4 aromatic rings. The topological polar surface area (TPSA) is 53.9 Å². The first kappa shape index (κ1) is 24.2. The van der Waals surface area contributed by atoms with Crippen molar-refractivity contribution in [2.45, 2.75) is 5.92 Å². The minimum absolute atomic E-state index is 0.111. The fourth-order valence-corrected chi connectivity index (χ4v) is 4.34. The number of hydrogen-bond acceptors (Lipinski definition) is 3. The molecule has 0 radical (unpaired) electrons. The predicted octanol–water partition coefficient (Wildman–Crippen LogP) is 8.47. The van der Waals surface area contributed by atoms with Gasteiger partial charge >= 0.3 is 6.03 Å². The summed E-state index contributed by atoms with van der Waals surface area (Å²) in [5, 5.41) is 10.8. The van der Waals surface area contributed by atoms with Crippen molar-refractivity contribution in [2.24, 2.45) is 5.10 Å². The lowest BCUT2D eigenvalue weighted by atomic mass is 9.91. The number of carbonyl (C=O) groups excluding carboxylic acids is 1. The van der Waals surface area contributed by atoms with Crippen LogP contribution in [0.2, 0.25) is 15.1 Å². The van der Waals surface area contributed by atoms with Crippen molar-refractivity contribution >= 4 is 52.2 Å². The van der Waals surface area contributed by atoms with Crippen LogP contribution in [-0.2, 0) is 0 Å². The standard InChI is InChI=1S/C28H20Cl3N3O2/c29-20-9-5-18(6-10-20)24-17-34(33-27(24)19-7-11-21(30)12-8-19)28(35)32-22-13-15-23(16-14-22)36-26-4-2-1-3-25(26)31/h1-16,24H,17H2,(H,32,35). The number of rotatable bonds is 5. The van der Waals surface area contributed by atoms with Crippen molar-refractivity contribution in [1.29, 1.82) is 0 Å². The first-order valence-corrected chi connectivity index (χ1v) is 12.3. The van der Waals surface area contributed by atoms with Gasteiger partial charge in [-0.2, -0.15) is 5.10 Å². The van der Waals surface area contributed by atoms with Crippen LogP contribution in [0.25, 0.3) is 0 Å². The molecule has 1 N–H and O–H groups in total. The molecule has 1 unspecified atom stereocenters. The number of urea groups is 1. The number of halogens is 3. The molecule has 1 atom stereocenters. The highest BCUT2D eigenvalue weighted by atomic mass is 35.5. The molecule has 180 valence electrons. The average molecular weight is 537 g/mol. The monoisotopic (exact) mass is 535 g/mol. The van der Waals surface area contributed by atoms with Crippen molar-refractivity contribution in [3.8, 4) is 11.5 Å². The molecule has 0 saturated carbocycles. The molecular weight excluding hydrogens is 517 g/mol. The lowest BCUT2D eigenvalue weighted by Crippen LogP contribution is -2.30. The fourth-order valence-electron chi connectivity index (χ4n) is 3.92. The van der Waals surface area contributed by atoms with Crippen LogP contribution in [-0.4, -0.2) is 23.3 Å². The van der Waals surface area contributed by atoms with Crippen molar-refractivity contribution in [1.82, 2.24) is 5.01 Å². The Labute approximate surface area is 223 Å². The summed E-state index contributed by atoms with van der Waals surface area (Å²) in [5.74, 6) is 1.05. The summed E-state index contributed by atoms with van der Waals surface area (Å²) in [4.78, 5) is 13.1. The van der Waals surface area contributed by atoms with Crippen LogP contribution in [0, 0.1) is 0 Å². The molecule has 0 fully saturated rings. The number of ether oxygens (including phenoxy) is 1. The van der Waals surface area contributed by atoms with Gasteiger partial charge in [-0.05, 0) is 71.8 Å². The summed E-state index contributed by atoms with van der Waals surface area (Å²) < 4.78 is 5.82. The first-order chi connectivity index (χ1) is 17.5. The van der Waals surface area contributed by atoms with Crippen molar-refractivity contribution in [3.05, 3.63) is 123 Å². The van der Waals surface area contributed by atoms with E-state index in [9.17, 15) is 4.79 Å². The maximum atomic E-state index is 13.1. The van der Waals surface area contributed by atoms with E-state index in [1.165, 1.54) is 5.01 Å². The summed E-state index contributed by atoms with van der Waals surface area (Å²) in [6.45, 7) is 0.388. The fraction of sp³-hybridized carbons (Fsp3) is 0.0714. The van der Waals surface area contributed by atoms with Crippen LogP contribution in [0.1, 0.15) is 17.0 Å². The second-order valence-corrected chi connectivity index (χ2v) is 9.45. The lowest BCUT2D eigenvalue weighted by molar-refractivity contribution is 0.218. The number of amides is 2. The van der Waals surface area contributed by atoms with E-state index in [1.807, 2.05) is 60.7 Å². The third-order valence-corrected chi connectivity index (χ3v) is 6.55. The Hall–Kier alpha value is -3.51. The van der Waals surface area contributed by atoms with Gasteiger partial charge in [0.05, 0.1) is 17.3 Å². The minimum atomic E-state index is -0.335. The van der Waals surface area contributed by atoms with Gasteiger partial charge in [0.25, 0.3) is 0 Å². The largest absolute Gasteiger partial charge is 0.456 e. The Bertz CT molecular complexity index is 1410. The third-order valence-electron chi connectivity index (χ3n) is 5.73. The quantitative estimate of drug-likeness (QED) is 0.278. The third kappa shape index (κ3) is 5.49. The molecule has 0 spiro atoms. The Morgan fingerprint density at radius 1 is 0.833 bits per heavy atom. The molecular formula is C28H20Cl3N3O2. The number of carbonyl (C=O) groups is 1. The van der Waals surface area contributed by atoms with Gasteiger partial charge in [0, 0.05) is 21.7 Å². The van der Waals surface area contributed by atoms with Gasteiger partial charge in [-0.1, -0.05) is 71.2 Å². The van der Waals surface area contributed by atoms with Crippen LogP contribution >= 0.6 is 34.8 Å². The normalized spacial score (nSPS) is 14.9. The van der Waals surface area contributed by atoms with Crippen molar-refractivity contribution in [3.63, 3.8) is 0 Å². The minimum Gasteiger partial charge on any atom is -0.456 e. The number of nitrogens with zero attached hydrogens (tertiary/aromatic N) is 2. The maximum Gasteiger partial charge on any atom is 0.342 e. The maximum absolute atomic E-state index is 13.1. The molecule has 2 amide bonds. The van der Waals surface area contributed by atoms with E-state index in [0.717, 1.165) is 16.8 Å². The molecule has 0 bridgehead atoms. The van der Waals surface area contributed by atoms with Gasteiger partial charge in [0.2, 0.25) is 0 Å².